The van der Waals surface area contributed by atoms with Gasteiger partial charge in [-0.15, -0.1) is 0 Å². The minimum Gasteiger partial charge on any atom is -0.196 e. The van der Waals surface area contributed by atoms with Crippen LogP contribution >= 0.6 is 0 Å². The van der Waals surface area contributed by atoms with Crippen molar-refractivity contribution in [3.63, 3.8) is 0 Å². The first-order valence-corrected chi connectivity index (χ1v) is 13.1. The first-order valence-electron chi connectivity index (χ1n) is 13.1. The predicted molar refractivity (Wildman–Crippen MR) is 139 cm³/mol. The average Bonchev–Trinajstić information content (AvgIpc) is 3.25. The molecule has 3 aromatic rings. The Morgan fingerprint density at radius 3 is 1.11 bits per heavy atom. The van der Waals surface area contributed by atoms with E-state index in [9.17, 15) is 0 Å². The monoisotopic (exact) mass is 494 g/mol. The second-order valence-corrected chi connectivity index (χ2v) is 11.1. The number of fused-ring (bicyclic) bond motifs is 6. The van der Waals surface area contributed by atoms with Crippen LogP contribution in [0.4, 0.5) is 17.6 Å². The second kappa shape index (κ2) is 7.94. The van der Waals surface area contributed by atoms with Crippen molar-refractivity contribution in [2.24, 2.45) is 0 Å². The van der Waals surface area contributed by atoms with Crippen LogP contribution in [0.2, 0.25) is 0 Å². The van der Waals surface area contributed by atoms with Gasteiger partial charge in [0.2, 0.25) is 0 Å². The predicted octanol–water partition coefficient (Wildman–Crippen LogP) is 10.1. The van der Waals surface area contributed by atoms with E-state index in [1.54, 1.807) is 24.3 Å². The van der Waals surface area contributed by atoms with E-state index in [0.717, 1.165) is 36.8 Å². The molecule has 0 saturated heterocycles. The van der Waals surface area contributed by atoms with Crippen molar-refractivity contribution in [3.8, 4) is 22.3 Å². The van der Waals surface area contributed by atoms with Crippen molar-refractivity contribution < 1.29 is 17.6 Å². The Bertz CT molecular complexity index is 1250. The molecule has 0 aliphatic heterocycles. The maximum atomic E-state index is 15.9. The summed E-state index contributed by atoms with van der Waals surface area (Å²) in [7, 11) is 0. The Morgan fingerprint density at radius 1 is 0.500 bits per heavy atom. The van der Waals surface area contributed by atoms with Gasteiger partial charge in [-0.1, -0.05) is 65.8 Å². The van der Waals surface area contributed by atoms with Crippen molar-refractivity contribution in [3.05, 3.63) is 81.9 Å². The summed E-state index contributed by atoms with van der Waals surface area (Å²) in [5.74, 6) is -6.47. The maximum Gasteiger partial charge on any atom is 0.299 e. The quantitative estimate of drug-likeness (QED) is 0.299. The average molecular weight is 495 g/mol. The van der Waals surface area contributed by atoms with Gasteiger partial charge in [-0.2, -0.15) is 17.6 Å². The van der Waals surface area contributed by atoms with E-state index in [0.29, 0.717) is 11.1 Å². The van der Waals surface area contributed by atoms with Gasteiger partial charge in [0.05, 0.1) is 0 Å². The minimum atomic E-state index is -3.24. The van der Waals surface area contributed by atoms with E-state index in [1.165, 1.54) is 12.1 Å². The van der Waals surface area contributed by atoms with Gasteiger partial charge in [-0.05, 0) is 94.2 Å². The minimum absolute atomic E-state index is 0.0765. The summed E-state index contributed by atoms with van der Waals surface area (Å²) in [6.07, 6.45) is 3.31. The Hall–Kier alpha value is -2.62. The lowest BCUT2D eigenvalue weighted by Gasteiger charge is -2.28. The molecule has 0 radical (unpaired) electrons. The summed E-state index contributed by atoms with van der Waals surface area (Å²) in [4.78, 5) is 0. The molecule has 0 N–H and O–H groups in total. The fraction of sp³-hybridized carbons (Fsp3) is 0.438. The van der Waals surface area contributed by atoms with Gasteiger partial charge in [0.25, 0.3) is 11.8 Å². The van der Waals surface area contributed by atoms with Gasteiger partial charge in [0, 0.05) is 22.3 Å². The molecular weight excluding hydrogens is 460 g/mol. The fourth-order valence-electron chi connectivity index (χ4n) is 6.00. The molecule has 2 aliphatic carbocycles. The third kappa shape index (κ3) is 3.18. The summed E-state index contributed by atoms with van der Waals surface area (Å²) < 4.78 is 63.5. The topological polar surface area (TPSA) is 0 Å². The summed E-state index contributed by atoms with van der Waals surface area (Å²) >= 11 is 0. The summed E-state index contributed by atoms with van der Waals surface area (Å²) in [5.41, 5.74) is 1.94. The molecule has 5 rings (SSSR count). The van der Waals surface area contributed by atoms with Crippen LogP contribution in [0.5, 0.6) is 0 Å². The van der Waals surface area contributed by atoms with E-state index in [-0.39, 0.29) is 44.2 Å². The van der Waals surface area contributed by atoms with E-state index in [2.05, 4.69) is 41.5 Å². The van der Waals surface area contributed by atoms with Crippen molar-refractivity contribution >= 4 is 0 Å². The molecule has 0 aromatic heterocycles. The number of hydrogen-bond acceptors (Lipinski definition) is 0. The molecule has 0 heterocycles. The van der Waals surface area contributed by atoms with Gasteiger partial charge in [-0.3, -0.25) is 0 Å². The van der Waals surface area contributed by atoms with Gasteiger partial charge < -0.3 is 0 Å². The molecule has 0 atom stereocenters. The lowest BCUT2D eigenvalue weighted by Crippen LogP contribution is -2.21. The van der Waals surface area contributed by atoms with Crippen LogP contribution in [0.1, 0.15) is 101 Å². The van der Waals surface area contributed by atoms with Gasteiger partial charge >= 0.3 is 0 Å². The Morgan fingerprint density at radius 2 is 0.806 bits per heavy atom. The Balaban J connectivity index is 1.68. The van der Waals surface area contributed by atoms with Crippen molar-refractivity contribution in [1.29, 1.82) is 0 Å². The van der Waals surface area contributed by atoms with Crippen molar-refractivity contribution in [2.75, 3.05) is 0 Å². The Labute approximate surface area is 211 Å². The zero-order chi connectivity index (χ0) is 26.3. The van der Waals surface area contributed by atoms with Gasteiger partial charge in [0.1, 0.15) is 0 Å². The molecule has 3 aromatic carbocycles. The number of benzene rings is 3. The van der Waals surface area contributed by atoms with Crippen molar-refractivity contribution in [2.45, 2.75) is 89.9 Å². The number of alkyl halides is 4. The fourth-order valence-corrected chi connectivity index (χ4v) is 6.00. The van der Waals surface area contributed by atoms with Crippen LogP contribution in [-0.2, 0) is 22.7 Å². The third-order valence-electron chi connectivity index (χ3n) is 9.65. The van der Waals surface area contributed by atoms with E-state index in [4.69, 9.17) is 0 Å². The van der Waals surface area contributed by atoms with Gasteiger partial charge in [0.15, 0.2) is 0 Å². The van der Waals surface area contributed by atoms with Crippen LogP contribution in [0.3, 0.4) is 0 Å². The normalized spacial score (nSPS) is 16.9. The lowest BCUT2D eigenvalue weighted by molar-refractivity contribution is 0.0449. The molecule has 36 heavy (non-hydrogen) atoms. The zero-order valence-corrected chi connectivity index (χ0v) is 22.0. The van der Waals surface area contributed by atoms with Crippen LogP contribution in [-0.4, -0.2) is 0 Å². The lowest BCUT2D eigenvalue weighted by atomic mass is 9.77. The summed E-state index contributed by atoms with van der Waals surface area (Å²) in [5, 5.41) is 0. The molecule has 0 unspecified atom stereocenters. The smallest absolute Gasteiger partial charge is 0.196 e. The highest BCUT2D eigenvalue weighted by atomic mass is 19.3. The molecule has 0 spiro atoms. The molecule has 0 bridgehead atoms. The molecule has 190 valence electrons. The van der Waals surface area contributed by atoms with E-state index in [1.807, 2.05) is 12.1 Å². The largest absolute Gasteiger partial charge is 0.299 e. The van der Waals surface area contributed by atoms with Gasteiger partial charge in [-0.25, -0.2) is 0 Å². The SMILES string of the molecule is CCC(C)(CC)c1ccc2c(c1)C(F)(F)c1cc3c(cc1-2)C(F)(F)c1cc(C(C)(CC)CC)ccc1-3. The number of halogens is 4. The van der Waals surface area contributed by atoms with Crippen LogP contribution in [0.15, 0.2) is 48.5 Å². The maximum absolute atomic E-state index is 15.9. The van der Waals surface area contributed by atoms with Crippen LogP contribution in [0, 0.1) is 0 Å². The number of hydrogen-bond donors (Lipinski definition) is 0. The molecule has 0 amide bonds. The van der Waals surface area contributed by atoms with E-state index < -0.39 is 11.8 Å². The molecule has 4 heteroatoms. The Kier molecular flexibility index (Phi) is 5.52. The standard InChI is InChI=1S/C32H34F4/c1-7-29(5,8-2)19-11-13-21-23-17-28-24(18-27(23)31(33,34)25(21)15-19)22-14-12-20(30(6,9-3)10-4)16-26(22)32(28,35)36/h11-18H,7-10H2,1-6H3. The highest BCUT2D eigenvalue weighted by Crippen LogP contribution is 2.59. The van der Waals surface area contributed by atoms with Crippen LogP contribution < -0.4 is 0 Å². The first-order chi connectivity index (χ1) is 16.9. The van der Waals surface area contributed by atoms with E-state index >= 15 is 17.6 Å². The zero-order valence-electron chi connectivity index (χ0n) is 22.0. The molecule has 0 saturated carbocycles. The first kappa shape index (κ1) is 25.0. The van der Waals surface area contributed by atoms with Crippen LogP contribution in [0.25, 0.3) is 22.3 Å². The highest BCUT2D eigenvalue weighted by molar-refractivity contribution is 5.88. The van der Waals surface area contributed by atoms with Crippen molar-refractivity contribution in [1.82, 2.24) is 0 Å². The molecule has 2 aliphatic rings. The molecule has 0 fully saturated rings. The molecule has 0 nitrogen and oxygen atoms in total. The number of rotatable bonds is 6. The highest BCUT2D eigenvalue weighted by Gasteiger charge is 2.50. The summed E-state index contributed by atoms with van der Waals surface area (Å²) in [6, 6.07) is 13.0. The molecular formula is C32H34F4. The summed E-state index contributed by atoms with van der Waals surface area (Å²) in [6.45, 7) is 12.4. The third-order valence-corrected chi connectivity index (χ3v) is 9.65. The second-order valence-electron chi connectivity index (χ2n) is 11.1.